The molecule has 0 heterocycles. The summed E-state index contributed by atoms with van der Waals surface area (Å²) < 4.78 is 5.34. The van der Waals surface area contributed by atoms with E-state index in [1.165, 1.54) is 10.5 Å². The SMILES string of the molecule is CCc1ccc(C(C)(C=O)N(C)C(=O)OC(C)(C)C)cc1. The van der Waals surface area contributed by atoms with Crippen LogP contribution in [0.3, 0.4) is 0 Å². The lowest BCUT2D eigenvalue weighted by Crippen LogP contribution is -2.48. The Bertz CT molecular complexity index is 502. The number of amides is 1. The fourth-order valence-electron chi connectivity index (χ4n) is 1.94. The summed E-state index contributed by atoms with van der Waals surface area (Å²) in [5, 5.41) is 0. The average molecular weight is 291 g/mol. The van der Waals surface area contributed by atoms with Gasteiger partial charge in [0, 0.05) is 7.05 Å². The zero-order chi connectivity index (χ0) is 16.3. The maximum atomic E-state index is 12.2. The van der Waals surface area contributed by atoms with Crippen LogP contribution in [0, 0.1) is 0 Å². The highest BCUT2D eigenvalue weighted by Crippen LogP contribution is 2.27. The molecule has 0 bridgehead atoms. The van der Waals surface area contributed by atoms with Gasteiger partial charge in [-0.25, -0.2) is 4.79 Å². The van der Waals surface area contributed by atoms with Crippen molar-refractivity contribution in [3.8, 4) is 0 Å². The van der Waals surface area contributed by atoms with E-state index in [2.05, 4.69) is 6.92 Å². The van der Waals surface area contributed by atoms with Crippen molar-refractivity contribution in [2.75, 3.05) is 7.05 Å². The van der Waals surface area contributed by atoms with Gasteiger partial charge in [0.05, 0.1) is 0 Å². The van der Waals surface area contributed by atoms with Crippen molar-refractivity contribution in [3.05, 3.63) is 35.4 Å². The van der Waals surface area contributed by atoms with Gasteiger partial charge in [-0.15, -0.1) is 0 Å². The van der Waals surface area contributed by atoms with Crippen LogP contribution >= 0.6 is 0 Å². The molecule has 0 aliphatic rings. The number of aryl methyl sites for hydroxylation is 1. The van der Waals surface area contributed by atoms with E-state index in [0.717, 1.165) is 18.3 Å². The normalized spacial score (nSPS) is 14.2. The first-order chi connectivity index (χ1) is 9.64. The summed E-state index contributed by atoms with van der Waals surface area (Å²) in [4.78, 5) is 25.2. The van der Waals surface area contributed by atoms with E-state index in [4.69, 9.17) is 4.74 Å². The van der Waals surface area contributed by atoms with E-state index < -0.39 is 17.2 Å². The van der Waals surface area contributed by atoms with Crippen molar-refractivity contribution in [3.63, 3.8) is 0 Å². The maximum Gasteiger partial charge on any atom is 0.411 e. The molecule has 0 aliphatic carbocycles. The lowest BCUT2D eigenvalue weighted by molar-refractivity contribution is -0.117. The van der Waals surface area contributed by atoms with Crippen molar-refractivity contribution in [2.24, 2.45) is 0 Å². The maximum absolute atomic E-state index is 12.2. The Morgan fingerprint density at radius 2 is 1.71 bits per heavy atom. The van der Waals surface area contributed by atoms with Gasteiger partial charge >= 0.3 is 6.09 Å². The second-order valence-electron chi connectivity index (χ2n) is 6.36. The number of nitrogens with zero attached hydrogens (tertiary/aromatic N) is 1. The molecule has 1 rings (SSSR count). The predicted molar refractivity (Wildman–Crippen MR) is 83.2 cm³/mol. The standard InChI is InChI=1S/C17H25NO3/c1-7-13-8-10-14(11-9-13)17(5,12-19)18(6)15(20)21-16(2,3)4/h8-12H,7H2,1-6H3. The van der Waals surface area contributed by atoms with Gasteiger partial charge in [0.2, 0.25) is 0 Å². The van der Waals surface area contributed by atoms with Crippen LogP contribution in [0.4, 0.5) is 4.79 Å². The molecule has 116 valence electrons. The first-order valence-electron chi connectivity index (χ1n) is 7.16. The molecule has 4 nitrogen and oxygen atoms in total. The first kappa shape index (κ1) is 17.2. The van der Waals surface area contributed by atoms with Crippen LogP contribution in [0.25, 0.3) is 0 Å². The molecule has 0 N–H and O–H groups in total. The predicted octanol–water partition coefficient (Wildman–Crippen LogP) is 3.53. The molecule has 0 saturated heterocycles. The van der Waals surface area contributed by atoms with Crippen molar-refractivity contribution in [1.82, 2.24) is 4.90 Å². The molecule has 1 aromatic carbocycles. The summed E-state index contributed by atoms with van der Waals surface area (Å²) in [6.07, 6.45) is 1.19. The van der Waals surface area contributed by atoms with Crippen LogP contribution in [-0.4, -0.2) is 29.9 Å². The summed E-state index contributed by atoms with van der Waals surface area (Å²) in [7, 11) is 1.58. The van der Waals surface area contributed by atoms with Gasteiger partial charge in [-0.1, -0.05) is 31.2 Å². The van der Waals surface area contributed by atoms with Crippen LogP contribution in [-0.2, 0) is 21.5 Å². The quantitative estimate of drug-likeness (QED) is 0.797. The minimum absolute atomic E-state index is 0.517. The highest BCUT2D eigenvalue weighted by molar-refractivity contribution is 5.77. The van der Waals surface area contributed by atoms with Crippen LogP contribution in [0.5, 0.6) is 0 Å². The molecule has 1 amide bonds. The van der Waals surface area contributed by atoms with E-state index in [1.54, 1.807) is 34.7 Å². The fourth-order valence-corrected chi connectivity index (χ4v) is 1.94. The molecule has 1 unspecified atom stereocenters. The summed E-state index contributed by atoms with van der Waals surface area (Å²) in [5.41, 5.74) is 0.311. The number of benzene rings is 1. The molecule has 0 saturated carbocycles. The van der Waals surface area contributed by atoms with Crippen molar-refractivity contribution in [2.45, 2.75) is 52.2 Å². The third-order valence-electron chi connectivity index (χ3n) is 3.54. The molecule has 0 aromatic heterocycles. The second kappa shape index (κ2) is 6.29. The van der Waals surface area contributed by atoms with Gasteiger partial charge in [-0.2, -0.15) is 0 Å². The molecule has 1 aromatic rings. The summed E-state index contributed by atoms with van der Waals surface area (Å²) >= 11 is 0. The third kappa shape index (κ3) is 4.06. The van der Waals surface area contributed by atoms with Gasteiger partial charge < -0.3 is 9.53 Å². The molecule has 0 radical (unpaired) electrons. The Morgan fingerprint density at radius 3 is 2.10 bits per heavy atom. The van der Waals surface area contributed by atoms with Crippen molar-refractivity contribution >= 4 is 12.4 Å². The molecule has 0 aliphatic heterocycles. The Hall–Kier alpha value is -1.84. The van der Waals surface area contributed by atoms with E-state index in [1.807, 2.05) is 24.3 Å². The van der Waals surface area contributed by atoms with Crippen molar-refractivity contribution in [1.29, 1.82) is 0 Å². The third-order valence-corrected chi connectivity index (χ3v) is 3.54. The number of carbonyl (C=O) groups is 2. The number of ether oxygens (including phenoxy) is 1. The van der Waals surface area contributed by atoms with Crippen molar-refractivity contribution < 1.29 is 14.3 Å². The van der Waals surface area contributed by atoms with Gasteiger partial charge in [0.25, 0.3) is 0 Å². The molecule has 0 fully saturated rings. The Morgan fingerprint density at radius 1 is 1.19 bits per heavy atom. The van der Waals surface area contributed by atoms with Gasteiger partial charge in [0.15, 0.2) is 0 Å². The highest BCUT2D eigenvalue weighted by atomic mass is 16.6. The number of hydrogen-bond donors (Lipinski definition) is 0. The molecule has 4 heteroatoms. The van der Waals surface area contributed by atoms with Gasteiger partial charge in [-0.3, -0.25) is 4.90 Å². The van der Waals surface area contributed by atoms with Crippen LogP contribution in [0.15, 0.2) is 24.3 Å². The molecule has 1 atom stereocenters. The van der Waals surface area contributed by atoms with E-state index in [-0.39, 0.29) is 0 Å². The smallest absolute Gasteiger partial charge is 0.411 e. The molecular weight excluding hydrogens is 266 g/mol. The van der Waals surface area contributed by atoms with Gasteiger partial charge in [0.1, 0.15) is 17.4 Å². The first-order valence-corrected chi connectivity index (χ1v) is 7.16. The Labute approximate surface area is 127 Å². The fraction of sp³-hybridized carbons (Fsp3) is 0.529. The monoisotopic (exact) mass is 291 g/mol. The summed E-state index contributed by atoms with van der Waals surface area (Å²) in [5.74, 6) is 0. The minimum Gasteiger partial charge on any atom is -0.444 e. The topological polar surface area (TPSA) is 46.6 Å². The van der Waals surface area contributed by atoms with Gasteiger partial charge in [-0.05, 0) is 45.2 Å². The average Bonchev–Trinajstić information content (AvgIpc) is 2.44. The highest BCUT2D eigenvalue weighted by Gasteiger charge is 2.36. The van der Waals surface area contributed by atoms with Crippen LogP contribution in [0.2, 0.25) is 0 Å². The second-order valence-corrected chi connectivity index (χ2v) is 6.36. The zero-order valence-electron chi connectivity index (χ0n) is 13.8. The number of carbonyl (C=O) groups excluding carboxylic acids is 2. The number of rotatable bonds is 4. The molecular formula is C17H25NO3. The van der Waals surface area contributed by atoms with E-state index in [0.29, 0.717) is 0 Å². The largest absolute Gasteiger partial charge is 0.444 e. The van der Waals surface area contributed by atoms with E-state index in [9.17, 15) is 9.59 Å². The molecule has 21 heavy (non-hydrogen) atoms. The number of aldehydes is 1. The van der Waals surface area contributed by atoms with Crippen LogP contribution < -0.4 is 0 Å². The lowest BCUT2D eigenvalue weighted by Gasteiger charge is -2.35. The van der Waals surface area contributed by atoms with E-state index >= 15 is 0 Å². The Kier molecular flexibility index (Phi) is 5.15. The number of hydrogen-bond acceptors (Lipinski definition) is 3. The Balaban J connectivity index is 3.07. The molecule has 0 spiro atoms. The summed E-state index contributed by atoms with van der Waals surface area (Å²) in [6, 6.07) is 7.71. The number of likely N-dealkylation sites (N-methyl/N-ethyl adjacent to an activating group) is 1. The minimum atomic E-state index is -1.05. The summed E-state index contributed by atoms with van der Waals surface area (Å²) in [6.45, 7) is 9.18. The zero-order valence-corrected chi connectivity index (χ0v) is 13.8. The lowest BCUT2D eigenvalue weighted by atomic mass is 9.91. The van der Waals surface area contributed by atoms with Crippen LogP contribution in [0.1, 0.15) is 45.7 Å².